The van der Waals surface area contributed by atoms with E-state index in [-0.39, 0.29) is 12.6 Å². The number of aliphatic hydroxyl groups is 1. The second kappa shape index (κ2) is 9.36. The monoisotopic (exact) mass is 268 g/mol. The lowest BCUT2D eigenvalue weighted by atomic mass is 10.1. The van der Waals surface area contributed by atoms with Crippen LogP contribution in [0, 0.1) is 0 Å². The largest absolute Gasteiger partial charge is 0.395 e. The molecule has 18 heavy (non-hydrogen) atoms. The van der Waals surface area contributed by atoms with Crippen LogP contribution in [0.25, 0.3) is 0 Å². The number of hydrogen-bond donors (Lipinski definition) is 1. The zero-order valence-corrected chi connectivity index (χ0v) is 12.2. The maximum Gasteiger partial charge on any atom is 0.0586 e. The van der Waals surface area contributed by atoms with Crippen molar-refractivity contribution in [1.82, 2.24) is 9.88 Å². The molecule has 0 aromatic carbocycles. The summed E-state index contributed by atoms with van der Waals surface area (Å²) in [6, 6.07) is 4.32. The van der Waals surface area contributed by atoms with Crippen LogP contribution in [0.2, 0.25) is 0 Å². The molecule has 0 saturated carbocycles. The molecule has 1 heterocycles. The smallest absolute Gasteiger partial charge is 0.0586 e. The van der Waals surface area contributed by atoms with Crippen LogP contribution in [0.5, 0.6) is 0 Å². The normalized spacial score (nSPS) is 12.9. The summed E-state index contributed by atoms with van der Waals surface area (Å²) in [5.41, 5.74) is 1.22. The van der Waals surface area contributed by atoms with Gasteiger partial charge in [0, 0.05) is 25.0 Å². The molecule has 102 valence electrons. The van der Waals surface area contributed by atoms with Gasteiger partial charge in [0.05, 0.1) is 6.61 Å². The van der Waals surface area contributed by atoms with E-state index in [1.165, 1.54) is 11.3 Å². The summed E-state index contributed by atoms with van der Waals surface area (Å²) in [6.45, 7) is 4.28. The van der Waals surface area contributed by atoms with E-state index in [9.17, 15) is 5.11 Å². The number of rotatable bonds is 9. The molecule has 1 atom stereocenters. The highest BCUT2D eigenvalue weighted by Crippen LogP contribution is 2.11. The summed E-state index contributed by atoms with van der Waals surface area (Å²) in [4.78, 5) is 6.52. The molecule has 1 aromatic rings. The first-order valence-electron chi connectivity index (χ1n) is 6.54. The van der Waals surface area contributed by atoms with Crippen LogP contribution in [-0.2, 0) is 6.54 Å². The minimum atomic E-state index is 0.232. The van der Waals surface area contributed by atoms with E-state index in [0.29, 0.717) is 0 Å². The van der Waals surface area contributed by atoms with E-state index in [0.717, 1.165) is 25.9 Å². The van der Waals surface area contributed by atoms with Gasteiger partial charge in [0.1, 0.15) is 0 Å². The lowest BCUT2D eigenvalue weighted by Gasteiger charge is -2.29. The standard InChI is InChI=1S/C14H24N2OS/c1-3-14(12-17)16(8-5-9-18-2)11-13-6-4-7-15-10-13/h4,6-7,10,14,17H,3,5,8-9,11-12H2,1-2H3/t14-/m0/s1. The molecule has 0 unspecified atom stereocenters. The molecule has 0 spiro atoms. The van der Waals surface area contributed by atoms with E-state index in [4.69, 9.17) is 0 Å². The predicted molar refractivity (Wildman–Crippen MR) is 78.8 cm³/mol. The van der Waals surface area contributed by atoms with Crippen molar-refractivity contribution in [3.05, 3.63) is 30.1 Å². The average molecular weight is 268 g/mol. The fourth-order valence-corrected chi connectivity index (χ4v) is 2.45. The first-order chi connectivity index (χ1) is 8.81. The van der Waals surface area contributed by atoms with Crippen molar-refractivity contribution >= 4 is 11.8 Å². The van der Waals surface area contributed by atoms with Gasteiger partial charge >= 0.3 is 0 Å². The molecular weight excluding hydrogens is 244 g/mol. The van der Waals surface area contributed by atoms with E-state index in [2.05, 4.69) is 29.1 Å². The van der Waals surface area contributed by atoms with Gasteiger partial charge < -0.3 is 5.11 Å². The highest BCUT2D eigenvalue weighted by molar-refractivity contribution is 7.98. The number of hydrogen-bond acceptors (Lipinski definition) is 4. The van der Waals surface area contributed by atoms with E-state index in [1.54, 1.807) is 6.20 Å². The third kappa shape index (κ3) is 5.38. The van der Waals surface area contributed by atoms with Crippen molar-refractivity contribution in [3.8, 4) is 0 Å². The Morgan fingerprint density at radius 1 is 1.50 bits per heavy atom. The number of nitrogens with zero attached hydrogens (tertiary/aromatic N) is 2. The minimum absolute atomic E-state index is 0.232. The first kappa shape index (κ1) is 15.5. The van der Waals surface area contributed by atoms with E-state index in [1.807, 2.05) is 24.0 Å². The maximum absolute atomic E-state index is 9.47. The van der Waals surface area contributed by atoms with Crippen molar-refractivity contribution in [2.45, 2.75) is 32.4 Å². The molecule has 4 heteroatoms. The van der Waals surface area contributed by atoms with Crippen molar-refractivity contribution in [3.63, 3.8) is 0 Å². The van der Waals surface area contributed by atoms with Gasteiger partial charge in [0.2, 0.25) is 0 Å². The molecule has 0 aliphatic rings. The maximum atomic E-state index is 9.47. The molecule has 0 saturated heterocycles. The molecule has 1 aromatic heterocycles. The van der Waals surface area contributed by atoms with Crippen LogP contribution in [0.1, 0.15) is 25.3 Å². The summed E-state index contributed by atoms with van der Waals surface area (Å²) >= 11 is 1.88. The van der Waals surface area contributed by atoms with Gasteiger partial charge in [-0.2, -0.15) is 11.8 Å². The zero-order valence-electron chi connectivity index (χ0n) is 11.4. The quantitative estimate of drug-likeness (QED) is 0.698. The highest BCUT2D eigenvalue weighted by atomic mass is 32.2. The fraction of sp³-hybridized carbons (Fsp3) is 0.643. The average Bonchev–Trinajstić information content (AvgIpc) is 2.41. The Hall–Kier alpha value is -0.580. The highest BCUT2D eigenvalue weighted by Gasteiger charge is 2.15. The van der Waals surface area contributed by atoms with Crippen LogP contribution in [0.4, 0.5) is 0 Å². The molecule has 0 amide bonds. The lowest BCUT2D eigenvalue weighted by molar-refractivity contribution is 0.113. The molecule has 3 nitrogen and oxygen atoms in total. The molecule has 1 rings (SSSR count). The third-order valence-corrected chi connectivity index (χ3v) is 3.80. The summed E-state index contributed by atoms with van der Waals surface area (Å²) in [5, 5.41) is 9.47. The Morgan fingerprint density at radius 2 is 2.33 bits per heavy atom. The summed E-state index contributed by atoms with van der Waals surface area (Å²) in [5.74, 6) is 1.17. The second-order valence-corrected chi connectivity index (χ2v) is 5.41. The molecule has 0 aliphatic carbocycles. The van der Waals surface area contributed by atoms with Crippen LogP contribution in [0.15, 0.2) is 24.5 Å². The van der Waals surface area contributed by atoms with Gasteiger partial charge in [0.25, 0.3) is 0 Å². The summed E-state index contributed by atoms with van der Waals surface area (Å²) in [6.07, 6.45) is 7.99. The number of aromatic nitrogens is 1. The molecule has 0 bridgehead atoms. The fourth-order valence-electron chi connectivity index (χ4n) is 2.03. The Bertz CT molecular complexity index is 304. The second-order valence-electron chi connectivity index (χ2n) is 4.42. The molecular formula is C14H24N2OS. The van der Waals surface area contributed by atoms with Crippen molar-refractivity contribution in [1.29, 1.82) is 0 Å². The van der Waals surface area contributed by atoms with Crippen molar-refractivity contribution in [2.24, 2.45) is 0 Å². The van der Waals surface area contributed by atoms with Crippen LogP contribution in [0.3, 0.4) is 0 Å². The predicted octanol–water partition coefficient (Wildman–Crippen LogP) is 2.41. The van der Waals surface area contributed by atoms with Crippen LogP contribution >= 0.6 is 11.8 Å². The lowest BCUT2D eigenvalue weighted by Crippen LogP contribution is -2.38. The zero-order chi connectivity index (χ0) is 13.2. The van der Waals surface area contributed by atoms with Gasteiger partial charge in [-0.25, -0.2) is 0 Å². The van der Waals surface area contributed by atoms with Gasteiger partial charge in [-0.3, -0.25) is 9.88 Å². The van der Waals surface area contributed by atoms with Gasteiger partial charge in [-0.1, -0.05) is 13.0 Å². The van der Waals surface area contributed by atoms with Gasteiger partial charge in [-0.05, 0) is 43.0 Å². The third-order valence-electron chi connectivity index (χ3n) is 3.10. The van der Waals surface area contributed by atoms with Crippen molar-refractivity contribution < 1.29 is 5.11 Å². The SMILES string of the molecule is CC[C@@H](CO)N(CCCSC)Cc1cccnc1. The van der Waals surface area contributed by atoms with Crippen molar-refractivity contribution in [2.75, 3.05) is 25.2 Å². The molecule has 0 aliphatic heterocycles. The van der Waals surface area contributed by atoms with E-state index < -0.39 is 0 Å². The Balaban J connectivity index is 2.58. The van der Waals surface area contributed by atoms with Crippen LogP contribution in [-0.4, -0.2) is 46.2 Å². The Morgan fingerprint density at radius 3 is 2.89 bits per heavy atom. The van der Waals surface area contributed by atoms with Gasteiger partial charge in [-0.15, -0.1) is 0 Å². The van der Waals surface area contributed by atoms with Crippen LogP contribution < -0.4 is 0 Å². The van der Waals surface area contributed by atoms with E-state index >= 15 is 0 Å². The molecule has 0 radical (unpaired) electrons. The first-order valence-corrected chi connectivity index (χ1v) is 7.94. The van der Waals surface area contributed by atoms with Gasteiger partial charge in [0.15, 0.2) is 0 Å². The summed E-state index contributed by atoms with van der Waals surface area (Å²) in [7, 11) is 0. The topological polar surface area (TPSA) is 36.4 Å². The minimum Gasteiger partial charge on any atom is -0.395 e. The molecule has 0 fully saturated rings. The number of thioether (sulfide) groups is 1. The number of pyridine rings is 1. The summed E-state index contributed by atoms with van der Waals surface area (Å²) < 4.78 is 0. The Labute approximate surface area is 115 Å². The number of aliphatic hydroxyl groups excluding tert-OH is 1. The Kier molecular flexibility index (Phi) is 8.05. The molecule has 1 N–H and O–H groups in total.